The van der Waals surface area contributed by atoms with Gasteiger partial charge in [0.05, 0.1) is 0 Å². The maximum atomic E-state index is 2.36. The summed E-state index contributed by atoms with van der Waals surface area (Å²) >= 11 is -1.03. The molecule has 0 heterocycles. The van der Waals surface area contributed by atoms with Crippen LogP contribution in [0.1, 0.15) is 40.0 Å². The van der Waals surface area contributed by atoms with Gasteiger partial charge < -0.3 is 0 Å². The SMILES string of the molecule is CCC[I-]([SiH3])(CCC)CCC. The minimum atomic E-state index is -1.03. The summed E-state index contributed by atoms with van der Waals surface area (Å²) in [5, 5.41) is 0. The van der Waals surface area contributed by atoms with E-state index in [-0.39, 0.29) is 0 Å². The first kappa shape index (κ1) is 11.9. The average molecular weight is 287 g/mol. The first-order valence-corrected chi connectivity index (χ1v) is 16.6. The predicted molar refractivity (Wildman–Crippen MR) is 55.4 cm³/mol. The fourth-order valence-corrected chi connectivity index (χ4v) is 18.7. The van der Waals surface area contributed by atoms with E-state index < -0.39 is 17.6 Å². The van der Waals surface area contributed by atoms with Gasteiger partial charge in [-0.15, -0.1) is 0 Å². The summed E-state index contributed by atoms with van der Waals surface area (Å²) in [6.45, 7) is 7.09. The molecule has 0 aromatic carbocycles. The van der Waals surface area contributed by atoms with Gasteiger partial charge in [0.25, 0.3) is 0 Å². The van der Waals surface area contributed by atoms with Crippen molar-refractivity contribution in [1.29, 1.82) is 0 Å². The van der Waals surface area contributed by atoms with Crippen LogP contribution in [0.2, 0.25) is 0 Å². The first-order chi connectivity index (χ1) is 5.18. The van der Waals surface area contributed by atoms with E-state index in [2.05, 4.69) is 20.8 Å². The Labute approximate surface area is 78.5 Å². The third kappa shape index (κ3) is 5.23. The molecule has 0 atom stereocenters. The van der Waals surface area contributed by atoms with Gasteiger partial charge in [0, 0.05) is 0 Å². The van der Waals surface area contributed by atoms with Crippen LogP contribution in [0, 0.1) is 0 Å². The Morgan fingerprint density at radius 2 is 1.09 bits per heavy atom. The zero-order valence-corrected chi connectivity index (χ0v) is 12.8. The van der Waals surface area contributed by atoms with Crippen LogP contribution < -0.4 is 17.6 Å². The summed E-state index contributed by atoms with van der Waals surface area (Å²) in [4.78, 5) is 0. The molecule has 0 bridgehead atoms. The summed E-state index contributed by atoms with van der Waals surface area (Å²) < 4.78 is 4.96. The van der Waals surface area contributed by atoms with Crippen molar-refractivity contribution in [2.45, 2.75) is 40.0 Å². The monoisotopic (exact) mass is 287 g/mol. The Morgan fingerprint density at radius 1 is 0.818 bits per heavy atom. The predicted octanol–water partition coefficient (Wildman–Crippen LogP) is -1.34. The van der Waals surface area contributed by atoms with Gasteiger partial charge in [0.2, 0.25) is 0 Å². The Balaban J connectivity index is 3.79. The van der Waals surface area contributed by atoms with Crippen LogP contribution in [-0.4, -0.2) is 21.0 Å². The standard InChI is InChI=1S/C9H24ISi/c1-4-7-10(11,8-5-2)9-6-3/h4-9H2,1-3,11H3/q-1. The molecule has 0 saturated carbocycles. The van der Waals surface area contributed by atoms with Crippen molar-refractivity contribution in [3.05, 3.63) is 0 Å². The van der Waals surface area contributed by atoms with Crippen molar-refractivity contribution in [3.8, 4) is 0 Å². The molecule has 0 unspecified atom stereocenters. The molecule has 0 aromatic rings. The normalized spacial score (nSPS) is 13.7. The first-order valence-electron chi connectivity index (χ1n) is 4.80. The second-order valence-electron chi connectivity index (χ2n) is 3.44. The molecule has 0 rings (SSSR count). The summed E-state index contributed by atoms with van der Waals surface area (Å²) in [5.41, 5.74) is 0. The second kappa shape index (κ2) is 6.46. The second-order valence-corrected chi connectivity index (χ2v) is 25.2. The molecule has 11 heavy (non-hydrogen) atoms. The van der Waals surface area contributed by atoms with Crippen molar-refractivity contribution < 1.29 is 17.6 Å². The van der Waals surface area contributed by atoms with E-state index >= 15 is 0 Å². The number of alkyl halides is 3. The molecule has 0 aliphatic carbocycles. The zero-order valence-electron chi connectivity index (χ0n) is 8.62. The number of rotatable bonds is 6. The zero-order chi connectivity index (χ0) is 8.74. The van der Waals surface area contributed by atoms with E-state index in [4.69, 9.17) is 0 Å². The van der Waals surface area contributed by atoms with Gasteiger partial charge in [-0.25, -0.2) is 0 Å². The van der Waals surface area contributed by atoms with E-state index in [1.165, 1.54) is 19.3 Å². The van der Waals surface area contributed by atoms with E-state index in [1.54, 1.807) is 21.0 Å². The van der Waals surface area contributed by atoms with Gasteiger partial charge in [-0.2, -0.15) is 0 Å². The Hall–Kier alpha value is 0.947. The van der Waals surface area contributed by atoms with Gasteiger partial charge in [0.1, 0.15) is 0 Å². The van der Waals surface area contributed by atoms with Crippen LogP contribution in [0.4, 0.5) is 0 Å². The van der Waals surface area contributed by atoms with Gasteiger partial charge in [-0.1, -0.05) is 0 Å². The Bertz CT molecular complexity index is 76.5. The summed E-state index contributed by atoms with van der Waals surface area (Å²) in [5.74, 6) is 0. The molecule has 0 nitrogen and oxygen atoms in total. The van der Waals surface area contributed by atoms with Gasteiger partial charge in [-0.3, -0.25) is 0 Å². The van der Waals surface area contributed by atoms with Crippen molar-refractivity contribution in [2.24, 2.45) is 0 Å². The van der Waals surface area contributed by atoms with Crippen LogP contribution in [0.3, 0.4) is 0 Å². The van der Waals surface area contributed by atoms with E-state index in [0.29, 0.717) is 0 Å². The Kier molecular flexibility index (Phi) is 7.02. The van der Waals surface area contributed by atoms with Crippen molar-refractivity contribution in [1.82, 2.24) is 0 Å². The van der Waals surface area contributed by atoms with Crippen LogP contribution in [0.15, 0.2) is 0 Å². The number of hydrogen-bond acceptors (Lipinski definition) is 0. The van der Waals surface area contributed by atoms with Crippen molar-refractivity contribution >= 4 is 7.74 Å². The van der Waals surface area contributed by atoms with Crippen LogP contribution in [0.25, 0.3) is 0 Å². The molecule has 0 N–H and O–H groups in total. The summed E-state index contributed by atoms with van der Waals surface area (Å²) in [6, 6.07) is 0. The van der Waals surface area contributed by atoms with Gasteiger partial charge in [0.15, 0.2) is 0 Å². The molecule has 72 valence electrons. The molecule has 0 radical (unpaired) electrons. The molecule has 2 heteroatoms. The molecular formula is C9H24ISi-. The van der Waals surface area contributed by atoms with Crippen LogP contribution >= 0.6 is 0 Å². The fraction of sp³-hybridized carbons (Fsp3) is 1.00. The molecule has 0 aliphatic rings. The molecule has 0 saturated heterocycles. The van der Waals surface area contributed by atoms with E-state index in [9.17, 15) is 0 Å². The Morgan fingerprint density at radius 3 is 1.27 bits per heavy atom. The van der Waals surface area contributed by atoms with Gasteiger partial charge in [-0.05, 0) is 0 Å². The molecule has 0 spiro atoms. The summed E-state index contributed by atoms with van der Waals surface area (Å²) in [6.07, 6.45) is 4.38. The van der Waals surface area contributed by atoms with Crippen LogP contribution in [0.5, 0.6) is 0 Å². The summed E-state index contributed by atoms with van der Waals surface area (Å²) in [7, 11) is 1.58. The van der Waals surface area contributed by atoms with Crippen molar-refractivity contribution in [2.75, 3.05) is 13.3 Å². The van der Waals surface area contributed by atoms with Crippen LogP contribution in [-0.2, 0) is 0 Å². The molecule has 0 fully saturated rings. The van der Waals surface area contributed by atoms with E-state index in [0.717, 1.165) is 0 Å². The molecule has 0 amide bonds. The topological polar surface area (TPSA) is 0 Å². The molecule has 0 aliphatic heterocycles. The van der Waals surface area contributed by atoms with Gasteiger partial charge >= 0.3 is 78.7 Å². The molecule has 0 aromatic heterocycles. The third-order valence-electron chi connectivity index (χ3n) is 1.94. The third-order valence-corrected chi connectivity index (χ3v) is 20.6. The van der Waals surface area contributed by atoms with Crippen molar-refractivity contribution in [3.63, 3.8) is 0 Å². The minimum absolute atomic E-state index is 1.03. The quantitative estimate of drug-likeness (QED) is 0.245. The molecular weight excluding hydrogens is 263 g/mol. The number of halogens is 1. The average Bonchev–Trinajstić information content (AvgIpc) is 1.88. The maximum absolute atomic E-state index is 2.36. The van der Waals surface area contributed by atoms with E-state index in [1.807, 2.05) is 0 Å². The fourth-order valence-electron chi connectivity index (χ4n) is 1.65. The number of hydrogen-bond donors (Lipinski definition) is 0.